The molecule has 0 aromatic carbocycles. The predicted octanol–water partition coefficient (Wildman–Crippen LogP) is 3.59. The lowest BCUT2D eigenvalue weighted by Crippen LogP contribution is -2.07. The summed E-state index contributed by atoms with van der Waals surface area (Å²) >= 11 is 3.40. The highest BCUT2D eigenvalue weighted by atomic mass is 32.1. The molecule has 0 aliphatic carbocycles. The van der Waals surface area contributed by atoms with E-state index < -0.39 is 0 Å². The molecule has 1 unspecified atom stereocenters. The van der Waals surface area contributed by atoms with Crippen LogP contribution in [0.1, 0.15) is 30.0 Å². The van der Waals surface area contributed by atoms with Crippen LogP contribution in [0.4, 0.5) is 0 Å². The standard InChI is InChI=1S/C11H14N2S2/c1-3-8(12)11-13-9(6-15-11)10-7(2)4-5-14-10/h4-6,8H,3,12H2,1-2H3. The van der Waals surface area contributed by atoms with Crippen LogP contribution in [0.2, 0.25) is 0 Å². The summed E-state index contributed by atoms with van der Waals surface area (Å²) in [5.41, 5.74) is 8.32. The van der Waals surface area contributed by atoms with Gasteiger partial charge in [-0.1, -0.05) is 6.92 Å². The van der Waals surface area contributed by atoms with Gasteiger partial charge in [-0.3, -0.25) is 0 Å². The van der Waals surface area contributed by atoms with Crippen molar-refractivity contribution < 1.29 is 0 Å². The van der Waals surface area contributed by atoms with Crippen LogP contribution in [0.3, 0.4) is 0 Å². The number of aryl methyl sites for hydroxylation is 1. The fourth-order valence-electron chi connectivity index (χ4n) is 1.37. The topological polar surface area (TPSA) is 38.9 Å². The molecule has 2 nitrogen and oxygen atoms in total. The van der Waals surface area contributed by atoms with E-state index >= 15 is 0 Å². The van der Waals surface area contributed by atoms with E-state index in [1.54, 1.807) is 22.7 Å². The molecule has 80 valence electrons. The normalized spacial score (nSPS) is 13.0. The van der Waals surface area contributed by atoms with Gasteiger partial charge in [-0.2, -0.15) is 0 Å². The fourth-order valence-corrected chi connectivity index (χ4v) is 3.23. The second kappa shape index (κ2) is 4.43. The van der Waals surface area contributed by atoms with Gasteiger partial charge in [0.25, 0.3) is 0 Å². The van der Waals surface area contributed by atoms with Crippen LogP contribution in [-0.4, -0.2) is 4.98 Å². The molecule has 2 aromatic rings. The van der Waals surface area contributed by atoms with Gasteiger partial charge in [0, 0.05) is 5.38 Å². The van der Waals surface area contributed by atoms with E-state index in [1.165, 1.54) is 10.4 Å². The maximum absolute atomic E-state index is 5.95. The van der Waals surface area contributed by atoms with Crippen molar-refractivity contribution in [2.75, 3.05) is 0 Å². The smallest absolute Gasteiger partial charge is 0.110 e. The Bertz CT molecular complexity index is 445. The third kappa shape index (κ3) is 2.12. The summed E-state index contributed by atoms with van der Waals surface area (Å²) in [6.07, 6.45) is 0.941. The Morgan fingerprint density at radius 3 is 2.87 bits per heavy atom. The highest BCUT2D eigenvalue weighted by molar-refractivity contribution is 7.14. The first-order valence-corrected chi connectivity index (χ1v) is 6.73. The summed E-state index contributed by atoms with van der Waals surface area (Å²) in [7, 11) is 0. The molecule has 0 saturated carbocycles. The van der Waals surface area contributed by atoms with E-state index in [4.69, 9.17) is 5.73 Å². The first-order chi connectivity index (χ1) is 7.22. The minimum atomic E-state index is 0.0871. The summed E-state index contributed by atoms with van der Waals surface area (Å²) < 4.78 is 0. The van der Waals surface area contributed by atoms with Crippen molar-refractivity contribution in [1.29, 1.82) is 0 Å². The van der Waals surface area contributed by atoms with E-state index in [-0.39, 0.29) is 6.04 Å². The molecule has 2 N–H and O–H groups in total. The average Bonchev–Trinajstić information content (AvgIpc) is 2.84. The summed E-state index contributed by atoms with van der Waals surface area (Å²) in [6.45, 7) is 4.20. The number of rotatable bonds is 3. The Hall–Kier alpha value is -0.710. The van der Waals surface area contributed by atoms with E-state index in [0.29, 0.717) is 0 Å². The Morgan fingerprint density at radius 2 is 2.27 bits per heavy atom. The molecule has 0 aliphatic rings. The molecule has 0 fully saturated rings. The minimum absolute atomic E-state index is 0.0871. The van der Waals surface area contributed by atoms with Crippen LogP contribution in [-0.2, 0) is 0 Å². The molecule has 2 heterocycles. The van der Waals surface area contributed by atoms with E-state index in [9.17, 15) is 0 Å². The first-order valence-electron chi connectivity index (χ1n) is 4.97. The summed E-state index contributed by atoms with van der Waals surface area (Å²) in [5.74, 6) is 0. The molecule has 15 heavy (non-hydrogen) atoms. The van der Waals surface area contributed by atoms with Crippen molar-refractivity contribution in [2.45, 2.75) is 26.3 Å². The van der Waals surface area contributed by atoms with Crippen LogP contribution >= 0.6 is 22.7 Å². The SMILES string of the molecule is CCC(N)c1nc(-c2sccc2C)cs1. The minimum Gasteiger partial charge on any atom is -0.322 e. The zero-order valence-electron chi connectivity index (χ0n) is 8.86. The predicted molar refractivity (Wildman–Crippen MR) is 67.4 cm³/mol. The fraction of sp³-hybridized carbons (Fsp3) is 0.364. The molecule has 0 bridgehead atoms. The summed E-state index contributed by atoms with van der Waals surface area (Å²) in [6, 6.07) is 2.21. The lowest BCUT2D eigenvalue weighted by atomic mass is 10.2. The Balaban J connectivity index is 2.32. The third-order valence-corrected chi connectivity index (χ3v) is 4.39. The number of thiophene rings is 1. The van der Waals surface area contributed by atoms with Gasteiger partial charge in [-0.15, -0.1) is 22.7 Å². The molecular weight excluding hydrogens is 224 g/mol. The Morgan fingerprint density at radius 1 is 1.47 bits per heavy atom. The average molecular weight is 238 g/mol. The Labute approximate surface area is 97.8 Å². The summed E-state index contributed by atoms with van der Waals surface area (Å²) in [4.78, 5) is 5.85. The zero-order chi connectivity index (χ0) is 10.8. The number of thiazole rings is 1. The van der Waals surface area contributed by atoms with E-state index in [2.05, 4.69) is 35.7 Å². The zero-order valence-corrected chi connectivity index (χ0v) is 10.5. The number of nitrogens with two attached hydrogens (primary N) is 1. The summed E-state index contributed by atoms with van der Waals surface area (Å²) in [5, 5.41) is 5.24. The maximum Gasteiger partial charge on any atom is 0.110 e. The second-order valence-corrected chi connectivity index (χ2v) is 5.32. The highest BCUT2D eigenvalue weighted by Gasteiger charge is 2.11. The quantitative estimate of drug-likeness (QED) is 0.887. The molecule has 1 atom stereocenters. The van der Waals surface area contributed by atoms with Crippen molar-refractivity contribution in [2.24, 2.45) is 5.73 Å². The number of nitrogens with zero attached hydrogens (tertiary/aromatic N) is 1. The number of aromatic nitrogens is 1. The molecule has 0 aliphatic heterocycles. The van der Waals surface area contributed by atoms with Gasteiger partial charge < -0.3 is 5.73 Å². The molecule has 0 radical (unpaired) electrons. The van der Waals surface area contributed by atoms with Crippen molar-refractivity contribution in [3.05, 3.63) is 27.4 Å². The molecule has 4 heteroatoms. The maximum atomic E-state index is 5.95. The molecular formula is C11H14N2S2. The van der Waals surface area contributed by atoms with Gasteiger partial charge in [0.05, 0.1) is 16.6 Å². The van der Waals surface area contributed by atoms with E-state index in [0.717, 1.165) is 17.1 Å². The third-order valence-electron chi connectivity index (χ3n) is 2.37. The van der Waals surface area contributed by atoms with Crippen molar-refractivity contribution in [3.8, 4) is 10.6 Å². The van der Waals surface area contributed by atoms with Crippen LogP contribution < -0.4 is 5.73 Å². The van der Waals surface area contributed by atoms with Crippen molar-refractivity contribution in [3.63, 3.8) is 0 Å². The van der Waals surface area contributed by atoms with Gasteiger partial charge >= 0.3 is 0 Å². The van der Waals surface area contributed by atoms with Gasteiger partial charge in [-0.25, -0.2) is 4.98 Å². The van der Waals surface area contributed by atoms with Crippen LogP contribution in [0.5, 0.6) is 0 Å². The molecule has 2 rings (SSSR count). The molecule has 0 amide bonds. The lowest BCUT2D eigenvalue weighted by Gasteiger charge is -2.02. The lowest BCUT2D eigenvalue weighted by molar-refractivity contribution is 0.693. The van der Waals surface area contributed by atoms with Gasteiger partial charge in [0.1, 0.15) is 5.01 Å². The molecule has 2 aromatic heterocycles. The Kier molecular flexibility index (Phi) is 3.19. The first kappa shape index (κ1) is 10.8. The number of hydrogen-bond donors (Lipinski definition) is 1. The largest absolute Gasteiger partial charge is 0.322 e. The molecule has 0 spiro atoms. The van der Waals surface area contributed by atoms with Gasteiger partial charge in [0.2, 0.25) is 0 Å². The second-order valence-electron chi connectivity index (χ2n) is 3.52. The van der Waals surface area contributed by atoms with Crippen molar-refractivity contribution >= 4 is 22.7 Å². The van der Waals surface area contributed by atoms with Crippen LogP contribution in [0, 0.1) is 6.92 Å². The monoisotopic (exact) mass is 238 g/mol. The van der Waals surface area contributed by atoms with Crippen LogP contribution in [0.25, 0.3) is 10.6 Å². The number of hydrogen-bond acceptors (Lipinski definition) is 4. The molecule has 0 saturated heterocycles. The van der Waals surface area contributed by atoms with Gasteiger partial charge in [-0.05, 0) is 30.4 Å². The van der Waals surface area contributed by atoms with Gasteiger partial charge in [0.15, 0.2) is 0 Å². The highest BCUT2D eigenvalue weighted by Crippen LogP contribution is 2.31. The van der Waals surface area contributed by atoms with E-state index in [1.807, 2.05) is 0 Å². The van der Waals surface area contributed by atoms with Crippen molar-refractivity contribution in [1.82, 2.24) is 4.98 Å². The van der Waals surface area contributed by atoms with Crippen LogP contribution in [0.15, 0.2) is 16.8 Å².